The molecule has 3 aromatic rings. The highest BCUT2D eigenvalue weighted by Crippen LogP contribution is 2.38. The molecule has 0 unspecified atom stereocenters. The van der Waals surface area contributed by atoms with Crippen LogP contribution in [0.25, 0.3) is 11.3 Å². The zero-order valence-electron chi connectivity index (χ0n) is 31.0. The second-order valence-corrected chi connectivity index (χ2v) is 14.6. The van der Waals surface area contributed by atoms with Crippen LogP contribution >= 0.6 is 0 Å². The van der Waals surface area contributed by atoms with Gasteiger partial charge in [0, 0.05) is 38.3 Å². The number of aromatic amines is 1. The smallest absolute Gasteiger partial charge is 0.333 e. The average Bonchev–Trinajstić information content (AvgIpc) is 3.68. The van der Waals surface area contributed by atoms with Crippen LogP contribution in [0.5, 0.6) is 0 Å². The number of H-pyrrole nitrogens is 1. The number of nitrogens with two attached hydrogens (primary N) is 1. The van der Waals surface area contributed by atoms with Gasteiger partial charge in [0.05, 0.1) is 12.1 Å². The number of carbonyl (C=O) groups excluding carboxylic acids is 5. The minimum absolute atomic E-state index is 0.00954. The van der Waals surface area contributed by atoms with Crippen LogP contribution in [-0.4, -0.2) is 70.4 Å². The molecule has 2 aromatic carbocycles. The number of carbonyl (C=O) groups is 5. The van der Waals surface area contributed by atoms with E-state index in [1.54, 1.807) is 11.1 Å². The molecule has 0 aliphatic carbocycles. The number of unbranched alkanes of at least 4 members (excludes halogenated alkanes) is 3. The van der Waals surface area contributed by atoms with Crippen LogP contribution in [0.3, 0.4) is 0 Å². The number of hydroxylamine groups is 2. The highest BCUT2D eigenvalue weighted by molar-refractivity contribution is 6.01. The van der Waals surface area contributed by atoms with Crippen molar-refractivity contribution in [2.75, 3.05) is 19.8 Å². The van der Waals surface area contributed by atoms with Crippen LogP contribution in [0.2, 0.25) is 0 Å². The summed E-state index contributed by atoms with van der Waals surface area (Å²) in [5.74, 6) is -3.30. The van der Waals surface area contributed by atoms with Crippen LogP contribution < -0.4 is 15.6 Å². The topological polar surface area (TPSA) is 159 Å². The summed E-state index contributed by atoms with van der Waals surface area (Å²) in [4.78, 5) is 71.8. The van der Waals surface area contributed by atoms with Crippen LogP contribution in [0.1, 0.15) is 96.0 Å². The Labute approximate surface area is 313 Å². The quantitative estimate of drug-likeness (QED) is 0.0887. The number of imidazole rings is 1. The van der Waals surface area contributed by atoms with Crippen molar-refractivity contribution in [3.8, 4) is 11.3 Å². The fourth-order valence-electron chi connectivity index (χ4n) is 6.33. The summed E-state index contributed by atoms with van der Waals surface area (Å²) in [5, 5.41) is 3.21. The van der Waals surface area contributed by atoms with Crippen LogP contribution in [0, 0.1) is 17.0 Å². The largest absolute Gasteiger partial charge is 0.347 e. The van der Waals surface area contributed by atoms with Gasteiger partial charge in [0.25, 0.3) is 17.6 Å². The summed E-state index contributed by atoms with van der Waals surface area (Å²) >= 11 is 0. The van der Waals surface area contributed by atoms with E-state index in [1.807, 2.05) is 55.7 Å². The molecule has 0 radical (unpaired) electrons. The minimum Gasteiger partial charge on any atom is -0.347 e. The predicted octanol–water partition coefficient (Wildman–Crippen LogP) is 4.96. The third-order valence-corrected chi connectivity index (χ3v) is 9.09. The van der Waals surface area contributed by atoms with E-state index in [2.05, 4.69) is 10.3 Å². The summed E-state index contributed by atoms with van der Waals surface area (Å²) in [7, 11) is 0. The summed E-state index contributed by atoms with van der Waals surface area (Å²) in [5.41, 5.74) is 6.52. The number of benzene rings is 2. The predicted molar refractivity (Wildman–Crippen MR) is 192 cm³/mol. The van der Waals surface area contributed by atoms with E-state index in [9.17, 15) is 32.8 Å². The van der Waals surface area contributed by atoms with Crippen molar-refractivity contribution in [1.29, 1.82) is 0 Å². The van der Waals surface area contributed by atoms with Gasteiger partial charge in [0.1, 0.15) is 37.1 Å². The van der Waals surface area contributed by atoms with Gasteiger partial charge in [-0.25, -0.2) is 27.5 Å². The Balaban J connectivity index is 1.46. The van der Waals surface area contributed by atoms with Crippen molar-refractivity contribution < 1.29 is 46.5 Å². The third kappa shape index (κ3) is 11.7. The lowest BCUT2D eigenvalue weighted by Gasteiger charge is -2.38. The molecule has 0 bridgehead atoms. The first-order chi connectivity index (χ1) is 25.7. The standard InChI is InChI=1S/C39H49F3N6O6/c1-39(2,3)37(38-45-31(29-21-27(41)15-16-30(29)42)25-46(38)24-26-11-7-6-8-12-26)47(20-19-28(43)22-40)35(52)23-44-32(49)13-9-4-5-10-14-36(53)54-48-33(50)17-18-34(48)51/h6-8,11-12,15-16,21,25,28,37H,4-5,9-10,13-14,17-20,22-24,43H2,1-3H3,(H,44,49)/p+1/t28-,37-/m0/s1. The van der Waals surface area contributed by atoms with E-state index in [0.717, 1.165) is 23.8 Å². The van der Waals surface area contributed by atoms with Crippen molar-refractivity contribution in [3.63, 3.8) is 0 Å². The Morgan fingerprint density at radius 1 is 1.00 bits per heavy atom. The molecule has 292 valence electrons. The fourth-order valence-corrected chi connectivity index (χ4v) is 6.33. The van der Waals surface area contributed by atoms with E-state index >= 15 is 4.39 Å². The molecule has 4 rings (SSSR count). The molecule has 1 aliphatic rings. The van der Waals surface area contributed by atoms with Crippen molar-refractivity contribution in [1.82, 2.24) is 20.3 Å². The maximum Gasteiger partial charge on any atom is 0.333 e. The molecule has 0 spiro atoms. The van der Waals surface area contributed by atoms with E-state index in [-0.39, 0.29) is 56.7 Å². The Kier molecular flexibility index (Phi) is 14.9. The molecule has 15 heteroatoms. The maximum absolute atomic E-state index is 15.1. The Hall–Kier alpha value is -5.05. The molecule has 4 N–H and O–H groups in total. The molecule has 2 heterocycles. The lowest BCUT2D eigenvalue weighted by Crippen LogP contribution is -2.51. The van der Waals surface area contributed by atoms with E-state index in [1.165, 1.54) is 0 Å². The summed E-state index contributed by atoms with van der Waals surface area (Å²) in [6.45, 7) is 5.02. The fraction of sp³-hybridized carbons (Fsp3) is 0.487. The van der Waals surface area contributed by atoms with E-state index in [4.69, 9.17) is 10.6 Å². The highest BCUT2D eigenvalue weighted by Gasteiger charge is 2.42. The number of alkyl halides is 1. The van der Waals surface area contributed by atoms with Crippen molar-refractivity contribution in [2.24, 2.45) is 11.1 Å². The molecule has 54 heavy (non-hydrogen) atoms. The van der Waals surface area contributed by atoms with E-state index in [0.29, 0.717) is 48.8 Å². The van der Waals surface area contributed by atoms with Gasteiger partial charge in [-0.15, -0.1) is 5.06 Å². The highest BCUT2D eigenvalue weighted by atomic mass is 19.1. The first-order valence-electron chi connectivity index (χ1n) is 18.2. The van der Waals surface area contributed by atoms with Gasteiger partial charge >= 0.3 is 5.97 Å². The van der Waals surface area contributed by atoms with Gasteiger partial charge in [0.2, 0.25) is 11.8 Å². The lowest BCUT2D eigenvalue weighted by molar-refractivity contribution is -0.697. The van der Waals surface area contributed by atoms with Crippen molar-refractivity contribution in [2.45, 2.75) is 97.2 Å². The average molecular weight is 756 g/mol. The number of hydrogen-bond acceptors (Lipinski definition) is 7. The monoisotopic (exact) mass is 755 g/mol. The number of amides is 4. The van der Waals surface area contributed by atoms with Crippen LogP contribution in [0.4, 0.5) is 13.2 Å². The number of hydrogen-bond donors (Lipinski definition) is 3. The molecular weight excluding hydrogens is 705 g/mol. The van der Waals surface area contributed by atoms with Crippen molar-refractivity contribution in [3.05, 3.63) is 77.8 Å². The molecule has 4 amide bonds. The van der Waals surface area contributed by atoms with Crippen LogP contribution in [0.15, 0.2) is 54.7 Å². The Bertz CT molecular complexity index is 1760. The molecule has 1 aromatic heterocycles. The number of nitrogens with zero attached hydrogens (tertiary/aromatic N) is 3. The Morgan fingerprint density at radius 3 is 2.31 bits per heavy atom. The number of aromatic nitrogens is 2. The summed E-state index contributed by atoms with van der Waals surface area (Å²) in [6, 6.07) is 11.1. The number of imide groups is 1. The number of halogens is 3. The molecule has 12 nitrogen and oxygen atoms in total. The first-order valence-corrected chi connectivity index (χ1v) is 18.2. The summed E-state index contributed by atoms with van der Waals surface area (Å²) < 4.78 is 44.8. The molecule has 0 saturated carbocycles. The zero-order valence-corrected chi connectivity index (χ0v) is 31.0. The molecule has 2 atom stereocenters. The van der Waals surface area contributed by atoms with Gasteiger partial charge in [-0.1, -0.05) is 63.9 Å². The van der Waals surface area contributed by atoms with Gasteiger partial charge in [-0.2, -0.15) is 0 Å². The zero-order chi connectivity index (χ0) is 39.4. The number of nitrogens with one attached hydrogen (secondary N) is 2. The van der Waals surface area contributed by atoms with E-state index < -0.39 is 59.5 Å². The third-order valence-electron chi connectivity index (χ3n) is 9.09. The second kappa shape index (κ2) is 19.3. The maximum atomic E-state index is 15.1. The SMILES string of the molecule is CC(C)(C)[C@H](c1[nH]c(-c2cc(F)ccc2F)c[n+]1Cc1ccccc1)N(CC[C@H](N)CF)C(=O)CNC(=O)CCCCCCC(=O)ON1C(=O)CCC1=O. The molecule has 1 fully saturated rings. The first kappa shape index (κ1) is 41.7. The normalized spacial score (nSPS) is 14.2. The minimum atomic E-state index is -0.834. The summed E-state index contributed by atoms with van der Waals surface area (Å²) in [6.07, 6.45) is 4.11. The van der Waals surface area contributed by atoms with Gasteiger partial charge < -0.3 is 20.8 Å². The molecular formula is C39H50F3N6O6+. The molecule has 1 saturated heterocycles. The van der Waals surface area contributed by atoms with Gasteiger partial charge in [0.15, 0.2) is 5.69 Å². The van der Waals surface area contributed by atoms with Gasteiger partial charge in [-0.3, -0.25) is 19.2 Å². The van der Waals surface area contributed by atoms with Gasteiger partial charge in [-0.05, 0) is 48.4 Å². The number of rotatable bonds is 19. The second-order valence-electron chi connectivity index (χ2n) is 14.6. The Morgan fingerprint density at radius 2 is 1.67 bits per heavy atom. The van der Waals surface area contributed by atoms with Crippen LogP contribution in [-0.2, 0) is 35.4 Å². The van der Waals surface area contributed by atoms with Crippen molar-refractivity contribution >= 4 is 29.6 Å². The molecule has 1 aliphatic heterocycles. The lowest BCUT2D eigenvalue weighted by atomic mass is 9.84.